The quantitative estimate of drug-likeness (QED) is 0.897. The van der Waals surface area contributed by atoms with Crippen LogP contribution >= 0.6 is 11.8 Å². The summed E-state index contributed by atoms with van der Waals surface area (Å²) in [5.41, 5.74) is 0.869. The van der Waals surface area contributed by atoms with Crippen LogP contribution < -0.4 is 5.32 Å². The number of amides is 2. The summed E-state index contributed by atoms with van der Waals surface area (Å²) in [6, 6.07) is 11.8. The molecule has 22 heavy (non-hydrogen) atoms. The van der Waals surface area contributed by atoms with Crippen molar-refractivity contribution in [3.05, 3.63) is 65.7 Å². The molecule has 0 aromatic heterocycles. The molecule has 1 aliphatic rings. The van der Waals surface area contributed by atoms with Crippen molar-refractivity contribution in [1.29, 1.82) is 0 Å². The minimum absolute atomic E-state index is 0.328. The fraction of sp³-hybridized carbons (Fsp3) is 0.188. The van der Waals surface area contributed by atoms with E-state index in [4.69, 9.17) is 0 Å². The van der Waals surface area contributed by atoms with Crippen LogP contribution in [0.1, 0.15) is 10.9 Å². The Bertz CT molecular complexity index is 695. The lowest BCUT2D eigenvalue weighted by atomic mass is 10.2. The normalized spacial score (nSPS) is 17.5. The third-order valence-corrected chi connectivity index (χ3v) is 4.64. The molecule has 0 spiro atoms. The van der Waals surface area contributed by atoms with Gasteiger partial charge in [-0.1, -0.05) is 24.3 Å². The first-order valence-electron chi connectivity index (χ1n) is 6.84. The fourth-order valence-electron chi connectivity index (χ4n) is 2.37. The zero-order valence-corrected chi connectivity index (χ0v) is 12.4. The monoisotopic (exact) mass is 320 g/mol. The van der Waals surface area contributed by atoms with Gasteiger partial charge in [-0.2, -0.15) is 0 Å². The molecule has 3 rings (SSSR count). The Morgan fingerprint density at radius 3 is 2.77 bits per heavy atom. The van der Waals surface area contributed by atoms with Crippen LogP contribution in [0.25, 0.3) is 0 Å². The summed E-state index contributed by atoms with van der Waals surface area (Å²) in [5.74, 6) is -0.0139. The number of carbonyl (C=O) groups excluding carboxylic acids is 1. The van der Waals surface area contributed by atoms with Gasteiger partial charge in [-0.15, -0.1) is 11.8 Å². The molecule has 3 nitrogen and oxygen atoms in total. The van der Waals surface area contributed by atoms with E-state index in [9.17, 15) is 13.6 Å². The summed E-state index contributed by atoms with van der Waals surface area (Å²) in [6.45, 7) is 0.519. The SMILES string of the molecule is O=C(Nc1cccc(F)c1)N1CCS[C@H]1c1ccccc1F. The molecular formula is C16H14F2N2OS. The standard InChI is InChI=1S/C16H14F2N2OS/c17-11-4-3-5-12(10-11)19-16(21)20-8-9-22-15(20)13-6-1-2-7-14(13)18/h1-7,10,15H,8-9H2,(H,19,21)/t15-/m0/s1. The Morgan fingerprint density at radius 1 is 1.18 bits per heavy atom. The first-order valence-corrected chi connectivity index (χ1v) is 7.89. The Balaban J connectivity index is 1.78. The molecule has 1 N–H and O–H groups in total. The molecule has 1 fully saturated rings. The maximum absolute atomic E-state index is 13.9. The number of hydrogen-bond donors (Lipinski definition) is 1. The third kappa shape index (κ3) is 3.06. The van der Waals surface area contributed by atoms with Crippen molar-refractivity contribution in [3.8, 4) is 0 Å². The third-order valence-electron chi connectivity index (χ3n) is 3.40. The number of hydrogen-bond acceptors (Lipinski definition) is 2. The predicted octanol–water partition coefficient (Wildman–Crippen LogP) is 4.24. The van der Waals surface area contributed by atoms with E-state index in [2.05, 4.69) is 5.32 Å². The van der Waals surface area contributed by atoms with Gasteiger partial charge >= 0.3 is 6.03 Å². The van der Waals surface area contributed by atoms with E-state index in [1.807, 2.05) is 0 Å². The van der Waals surface area contributed by atoms with Gasteiger partial charge in [-0.3, -0.25) is 0 Å². The second-order valence-electron chi connectivity index (χ2n) is 4.88. The Kier molecular flexibility index (Phi) is 4.29. The zero-order valence-electron chi connectivity index (χ0n) is 11.6. The summed E-state index contributed by atoms with van der Waals surface area (Å²) < 4.78 is 27.1. The molecule has 114 valence electrons. The average molecular weight is 320 g/mol. The average Bonchev–Trinajstić information content (AvgIpc) is 2.97. The van der Waals surface area contributed by atoms with E-state index in [0.29, 0.717) is 17.8 Å². The molecule has 0 aliphatic carbocycles. The highest BCUT2D eigenvalue weighted by Crippen LogP contribution is 2.39. The lowest BCUT2D eigenvalue weighted by molar-refractivity contribution is 0.213. The van der Waals surface area contributed by atoms with Crippen molar-refractivity contribution in [2.24, 2.45) is 0 Å². The molecule has 0 unspecified atom stereocenters. The Labute approximate surface area is 131 Å². The van der Waals surface area contributed by atoms with Gasteiger partial charge in [0.15, 0.2) is 0 Å². The number of thioether (sulfide) groups is 1. The van der Waals surface area contributed by atoms with E-state index in [0.717, 1.165) is 5.75 Å². The zero-order chi connectivity index (χ0) is 15.5. The molecular weight excluding hydrogens is 306 g/mol. The molecule has 2 aromatic rings. The van der Waals surface area contributed by atoms with E-state index in [-0.39, 0.29) is 17.2 Å². The van der Waals surface area contributed by atoms with Crippen LogP contribution in [0.5, 0.6) is 0 Å². The largest absolute Gasteiger partial charge is 0.323 e. The number of nitrogens with one attached hydrogen (secondary N) is 1. The van der Waals surface area contributed by atoms with Gasteiger partial charge in [-0.05, 0) is 24.3 Å². The van der Waals surface area contributed by atoms with Gasteiger partial charge < -0.3 is 10.2 Å². The predicted molar refractivity (Wildman–Crippen MR) is 83.7 cm³/mol. The first kappa shape index (κ1) is 14.8. The molecule has 0 saturated carbocycles. The van der Waals surface area contributed by atoms with Gasteiger partial charge in [0.25, 0.3) is 0 Å². The van der Waals surface area contributed by atoms with Crippen LogP contribution in [-0.4, -0.2) is 23.2 Å². The van der Waals surface area contributed by atoms with Gasteiger partial charge in [0, 0.05) is 23.5 Å². The van der Waals surface area contributed by atoms with Crippen molar-refractivity contribution < 1.29 is 13.6 Å². The van der Waals surface area contributed by atoms with Gasteiger partial charge in [0.2, 0.25) is 0 Å². The van der Waals surface area contributed by atoms with Crippen LogP contribution in [0.3, 0.4) is 0 Å². The molecule has 1 atom stereocenters. The molecule has 6 heteroatoms. The van der Waals surface area contributed by atoms with Crippen LogP contribution in [0.15, 0.2) is 48.5 Å². The van der Waals surface area contributed by atoms with Gasteiger partial charge in [0.1, 0.15) is 17.0 Å². The number of anilines is 1. The van der Waals surface area contributed by atoms with Crippen LogP contribution in [0, 0.1) is 11.6 Å². The fourth-order valence-corrected chi connectivity index (χ4v) is 3.65. The molecule has 0 bridgehead atoms. The van der Waals surface area contributed by atoms with Crippen molar-refractivity contribution in [1.82, 2.24) is 4.90 Å². The Hall–Kier alpha value is -2.08. The molecule has 1 saturated heterocycles. The van der Waals surface area contributed by atoms with E-state index >= 15 is 0 Å². The minimum atomic E-state index is -0.417. The van der Waals surface area contributed by atoms with E-state index in [1.165, 1.54) is 36.0 Å². The van der Waals surface area contributed by atoms with Crippen molar-refractivity contribution in [2.75, 3.05) is 17.6 Å². The maximum Gasteiger partial charge on any atom is 0.323 e. The maximum atomic E-state index is 13.9. The van der Waals surface area contributed by atoms with E-state index < -0.39 is 5.82 Å². The summed E-state index contributed by atoms with van der Waals surface area (Å²) in [5, 5.41) is 2.29. The van der Waals surface area contributed by atoms with Crippen LogP contribution in [0.4, 0.5) is 19.3 Å². The molecule has 1 heterocycles. The summed E-state index contributed by atoms with van der Waals surface area (Å²) >= 11 is 1.51. The highest BCUT2D eigenvalue weighted by Gasteiger charge is 2.32. The van der Waals surface area contributed by atoms with Gasteiger partial charge in [-0.25, -0.2) is 13.6 Å². The highest BCUT2D eigenvalue weighted by atomic mass is 32.2. The lowest BCUT2D eigenvalue weighted by Crippen LogP contribution is -2.34. The number of carbonyl (C=O) groups is 1. The van der Waals surface area contributed by atoms with Crippen LogP contribution in [0.2, 0.25) is 0 Å². The summed E-state index contributed by atoms with van der Waals surface area (Å²) in [6.07, 6.45) is 0. The Morgan fingerprint density at radius 2 is 2.00 bits per heavy atom. The van der Waals surface area contributed by atoms with Crippen molar-refractivity contribution in [2.45, 2.75) is 5.37 Å². The number of benzene rings is 2. The summed E-state index contributed by atoms with van der Waals surface area (Å²) in [4.78, 5) is 13.9. The highest BCUT2D eigenvalue weighted by molar-refractivity contribution is 7.99. The second-order valence-corrected chi connectivity index (χ2v) is 6.07. The number of halogens is 2. The number of rotatable bonds is 2. The molecule has 1 aliphatic heterocycles. The number of urea groups is 1. The topological polar surface area (TPSA) is 32.3 Å². The number of nitrogens with zero attached hydrogens (tertiary/aromatic N) is 1. The molecule has 2 aromatic carbocycles. The lowest BCUT2D eigenvalue weighted by Gasteiger charge is -2.24. The van der Waals surface area contributed by atoms with Crippen molar-refractivity contribution in [3.63, 3.8) is 0 Å². The molecule has 0 radical (unpaired) electrons. The smallest absolute Gasteiger partial charge is 0.308 e. The summed E-state index contributed by atoms with van der Waals surface area (Å²) in [7, 11) is 0. The van der Waals surface area contributed by atoms with Crippen molar-refractivity contribution >= 4 is 23.5 Å². The second kappa shape index (κ2) is 6.36. The van der Waals surface area contributed by atoms with Gasteiger partial charge in [0.05, 0.1) is 0 Å². The first-order chi connectivity index (χ1) is 10.6. The molecule has 2 amide bonds. The minimum Gasteiger partial charge on any atom is -0.308 e. The van der Waals surface area contributed by atoms with E-state index in [1.54, 1.807) is 29.2 Å². The van der Waals surface area contributed by atoms with Crippen LogP contribution in [-0.2, 0) is 0 Å².